The second-order valence-electron chi connectivity index (χ2n) is 6.88. The summed E-state index contributed by atoms with van der Waals surface area (Å²) in [6, 6.07) is 18.9. The van der Waals surface area contributed by atoms with Crippen molar-refractivity contribution < 1.29 is 0 Å². The van der Waals surface area contributed by atoms with Gasteiger partial charge in [-0.3, -0.25) is 0 Å². The van der Waals surface area contributed by atoms with Gasteiger partial charge in [0.2, 0.25) is 0 Å². The standard InChI is InChI=1S/C22H19N5S/c1-14-7-9-16(10-8-14)20(21-23-11-12-24-21)28-22-25-18-6-4-3-5-17(18)19-13-15(2)26-27(19)22/h3-13,20H,1-2H3,(H,23,24). The molecule has 0 aliphatic rings. The van der Waals surface area contributed by atoms with Gasteiger partial charge in [-0.05, 0) is 31.5 Å². The number of para-hydroxylation sites is 1. The van der Waals surface area contributed by atoms with E-state index in [4.69, 9.17) is 10.1 Å². The molecule has 1 unspecified atom stereocenters. The molecular weight excluding hydrogens is 366 g/mol. The van der Waals surface area contributed by atoms with Gasteiger partial charge in [-0.25, -0.2) is 14.5 Å². The number of fused-ring (bicyclic) bond motifs is 3. The molecule has 138 valence electrons. The quantitative estimate of drug-likeness (QED) is 0.345. The van der Waals surface area contributed by atoms with Gasteiger partial charge in [-0.2, -0.15) is 5.10 Å². The van der Waals surface area contributed by atoms with Crippen molar-refractivity contribution in [2.45, 2.75) is 24.3 Å². The Hall–Kier alpha value is -3.12. The number of imidazole rings is 1. The van der Waals surface area contributed by atoms with Crippen LogP contribution in [0.5, 0.6) is 0 Å². The number of rotatable bonds is 4. The van der Waals surface area contributed by atoms with Crippen LogP contribution in [0, 0.1) is 13.8 Å². The van der Waals surface area contributed by atoms with Crippen LogP contribution in [0.15, 0.2) is 72.1 Å². The number of nitrogens with zero attached hydrogens (tertiary/aromatic N) is 4. The molecule has 0 bridgehead atoms. The van der Waals surface area contributed by atoms with Crippen LogP contribution in [-0.4, -0.2) is 24.6 Å². The number of hydrogen-bond acceptors (Lipinski definition) is 4. The first kappa shape index (κ1) is 17.0. The van der Waals surface area contributed by atoms with Gasteiger partial charge in [-0.1, -0.05) is 59.8 Å². The Bertz CT molecular complexity index is 1260. The third-order valence-electron chi connectivity index (χ3n) is 4.78. The average Bonchev–Trinajstić information content (AvgIpc) is 3.36. The molecule has 6 heteroatoms. The summed E-state index contributed by atoms with van der Waals surface area (Å²) in [4.78, 5) is 12.7. The number of aromatic nitrogens is 5. The monoisotopic (exact) mass is 385 g/mol. The fourth-order valence-corrected chi connectivity index (χ4v) is 4.54. The van der Waals surface area contributed by atoms with Gasteiger partial charge in [-0.15, -0.1) is 0 Å². The molecule has 0 aliphatic heterocycles. The van der Waals surface area contributed by atoms with Gasteiger partial charge in [0.05, 0.1) is 22.0 Å². The summed E-state index contributed by atoms with van der Waals surface area (Å²) in [5.74, 6) is 0.904. The SMILES string of the molecule is Cc1ccc(C(Sc2nc3ccccc3c3cc(C)nn23)c2ncc[nH]2)cc1. The molecule has 3 aromatic heterocycles. The van der Waals surface area contributed by atoms with Crippen LogP contribution in [0.3, 0.4) is 0 Å². The van der Waals surface area contributed by atoms with E-state index >= 15 is 0 Å². The first-order chi connectivity index (χ1) is 13.7. The first-order valence-electron chi connectivity index (χ1n) is 9.17. The highest BCUT2D eigenvalue weighted by atomic mass is 32.2. The molecule has 0 saturated carbocycles. The molecule has 0 spiro atoms. The second-order valence-corrected chi connectivity index (χ2v) is 7.95. The maximum Gasteiger partial charge on any atom is 0.190 e. The number of H-pyrrole nitrogens is 1. The lowest BCUT2D eigenvalue weighted by Gasteiger charge is -2.16. The van der Waals surface area contributed by atoms with Crippen molar-refractivity contribution in [1.82, 2.24) is 24.6 Å². The summed E-state index contributed by atoms with van der Waals surface area (Å²) >= 11 is 1.66. The van der Waals surface area contributed by atoms with Crippen LogP contribution >= 0.6 is 11.8 Å². The molecular formula is C22H19N5S. The van der Waals surface area contributed by atoms with E-state index in [0.717, 1.165) is 33.1 Å². The summed E-state index contributed by atoms with van der Waals surface area (Å²) < 4.78 is 1.95. The fraction of sp³-hybridized carbons (Fsp3) is 0.136. The van der Waals surface area contributed by atoms with Gasteiger partial charge < -0.3 is 4.98 Å². The van der Waals surface area contributed by atoms with Gasteiger partial charge >= 0.3 is 0 Å². The van der Waals surface area contributed by atoms with E-state index in [1.807, 2.05) is 29.8 Å². The summed E-state index contributed by atoms with van der Waals surface area (Å²) in [7, 11) is 0. The average molecular weight is 385 g/mol. The minimum Gasteiger partial charge on any atom is -0.347 e. The molecule has 0 radical (unpaired) electrons. The van der Waals surface area contributed by atoms with E-state index in [0.29, 0.717) is 0 Å². The maximum absolute atomic E-state index is 4.93. The lowest BCUT2D eigenvalue weighted by molar-refractivity contribution is 0.793. The third kappa shape index (κ3) is 2.96. The Morgan fingerprint density at radius 1 is 1.04 bits per heavy atom. The Morgan fingerprint density at radius 2 is 1.86 bits per heavy atom. The van der Waals surface area contributed by atoms with E-state index in [1.54, 1.807) is 18.0 Å². The molecule has 3 heterocycles. The number of hydrogen-bond donors (Lipinski definition) is 1. The molecule has 28 heavy (non-hydrogen) atoms. The summed E-state index contributed by atoms with van der Waals surface area (Å²) in [6.45, 7) is 4.11. The lowest BCUT2D eigenvalue weighted by atomic mass is 10.1. The molecule has 0 fully saturated rings. The van der Waals surface area contributed by atoms with Crippen molar-refractivity contribution in [2.75, 3.05) is 0 Å². The molecule has 5 rings (SSSR count). The number of benzene rings is 2. The molecule has 0 aliphatic carbocycles. The van der Waals surface area contributed by atoms with Crippen LogP contribution in [0.2, 0.25) is 0 Å². The van der Waals surface area contributed by atoms with Crippen molar-refractivity contribution in [3.05, 3.63) is 89.6 Å². The molecule has 1 atom stereocenters. The van der Waals surface area contributed by atoms with Crippen molar-refractivity contribution in [3.63, 3.8) is 0 Å². The summed E-state index contributed by atoms with van der Waals surface area (Å²) in [5.41, 5.74) is 5.44. The van der Waals surface area contributed by atoms with E-state index in [-0.39, 0.29) is 5.25 Å². The molecule has 0 saturated heterocycles. The zero-order valence-electron chi connectivity index (χ0n) is 15.6. The predicted octanol–water partition coefficient (Wildman–Crippen LogP) is 5.10. The summed E-state index contributed by atoms with van der Waals surface area (Å²) in [6.07, 6.45) is 3.65. The van der Waals surface area contributed by atoms with Crippen molar-refractivity contribution in [3.8, 4) is 0 Å². The Kier molecular flexibility index (Phi) is 4.13. The second kappa shape index (κ2) is 6.80. The van der Waals surface area contributed by atoms with Crippen molar-refractivity contribution >= 4 is 28.2 Å². The largest absolute Gasteiger partial charge is 0.347 e. The van der Waals surface area contributed by atoms with Crippen LogP contribution in [0.25, 0.3) is 16.4 Å². The maximum atomic E-state index is 4.93. The van der Waals surface area contributed by atoms with Gasteiger partial charge in [0.15, 0.2) is 5.16 Å². The number of aryl methyl sites for hydroxylation is 2. The lowest BCUT2D eigenvalue weighted by Crippen LogP contribution is -2.04. The predicted molar refractivity (Wildman–Crippen MR) is 113 cm³/mol. The highest BCUT2D eigenvalue weighted by molar-refractivity contribution is 7.99. The van der Waals surface area contributed by atoms with Crippen LogP contribution in [0.4, 0.5) is 0 Å². The van der Waals surface area contributed by atoms with E-state index in [1.165, 1.54) is 11.1 Å². The minimum atomic E-state index is -0.00281. The van der Waals surface area contributed by atoms with Crippen molar-refractivity contribution in [2.24, 2.45) is 0 Å². The zero-order valence-corrected chi connectivity index (χ0v) is 16.4. The van der Waals surface area contributed by atoms with E-state index < -0.39 is 0 Å². The first-order valence-corrected chi connectivity index (χ1v) is 10.0. The minimum absolute atomic E-state index is 0.00281. The Balaban J connectivity index is 1.68. The third-order valence-corrected chi connectivity index (χ3v) is 5.99. The highest BCUT2D eigenvalue weighted by Gasteiger charge is 2.22. The fourth-order valence-electron chi connectivity index (χ4n) is 3.40. The van der Waals surface area contributed by atoms with Gasteiger partial charge in [0.1, 0.15) is 5.82 Å². The number of aromatic amines is 1. The summed E-state index contributed by atoms with van der Waals surface area (Å²) in [5, 5.41) is 6.66. The number of nitrogens with one attached hydrogen (secondary N) is 1. The molecule has 1 N–H and O–H groups in total. The van der Waals surface area contributed by atoms with Gasteiger partial charge in [0, 0.05) is 17.8 Å². The van der Waals surface area contributed by atoms with Crippen molar-refractivity contribution in [1.29, 1.82) is 0 Å². The molecule has 2 aromatic carbocycles. The Morgan fingerprint density at radius 3 is 2.64 bits per heavy atom. The van der Waals surface area contributed by atoms with Crippen LogP contribution in [-0.2, 0) is 0 Å². The van der Waals surface area contributed by atoms with Crippen LogP contribution in [0.1, 0.15) is 27.9 Å². The highest BCUT2D eigenvalue weighted by Crippen LogP contribution is 2.39. The topological polar surface area (TPSA) is 58.9 Å². The van der Waals surface area contributed by atoms with Gasteiger partial charge in [0.25, 0.3) is 0 Å². The van der Waals surface area contributed by atoms with Crippen LogP contribution < -0.4 is 0 Å². The molecule has 5 aromatic rings. The Labute approximate surface area is 166 Å². The molecule has 0 amide bonds. The van der Waals surface area contributed by atoms with E-state index in [2.05, 4.69) is 59.4 Å². The zero-order chi connectivity index (χ0) is 19.1. The van der Waals surface area contributed by atoms with E-state index in [9.17, 15) is 0 Å². The normalized spacial score (nSPS) is 12.6. The molecule has 5 nitrogen and oxygen atoms in total. The number of thioether (sulfide) groups is 1. The smallest absolute Gasteiger partial charge is 0.190 e.